The van der Waals surface area contributed by atoms with E-state index in [1.54, 1.807) is 11.8 Å². The van der Waals surface area contributed by atoms with Gasteiger partial charge in [-0.05, 0) is 58.8 Å². The van der Waals surface area contributed by atoms with Crippen LogP contribution < -0.4 is 5.32 Å². The normalized spacial score (nSPS) is 19.2. The van der Waals surface area contributed by atoms with Crippen LogP contribution in [0.2, 0.25) is 0 Å². The summed E-state index contributed by atoms with van der Waals surface area (Å²) in [5.41, 5.74) is 1.18. The van der Waals surface area contributed by atoms with Crippen molar-refractivity contribution in [2.24, 2.45) is 0 Å². The number of piperidine rings is 1. The molecule has 2 rings (SSSR count). The van der Waals surface area contributed by atoms with Crippen molar-refractivity contribution in [1.29, 1.82) is 0 Å². The summed E-state index contributed by atoms with van der Waals surface area (Å²) in [6.07, 6.45) is 4.37. The summed E-state index contributed by atoms with van der Waals surface area (Å²) in [6.45, 7) is 5.12. The van der Waals surface area contributed by atoms with Gasteiger partial charge in [0.1, 0.15) is 0 Å². The van der Waals surface area contributed by atoms with E-state index in [0.29, 0.717) is 6.04 Å². The van der Waals surface area contributed by atoms with Crippen molar-refractivity contribution in [2.45, 2.75) is 37.1 Å². The standard InChI is InChI=1S/C19H31N3OS/c1-15(24-4)19(23)20-18(16-8-6-5-7-9-16)14-22(3)17-10-12-21(2)13-11-17/h5-9,15,17-18H,10-14H2,1-4H3,(H,20,23)/t15-,18+/m0/s1. The first-order chi connectivity index (χ1) is 11.5. The first kappa shape index (κ1) is 19.3. The molecule has 1 heterocycles. The number of thioether (sulfide) groups is 1. The summed E-state index contributed by atoms with van der Waals surface area (Å²) in [7, 11) is 4.38. The van der Waals surface area contributed by atoms with Crippen LogP contribution in [0.25, 0.3) is 0 Å². The lowest BCUT2D eigenvalue weighted by Crippen LogP contribution is -2.46. The molecule has 0 unspecified atom stereocenters. The van der Waals surface area contributed by atoms with E-state index in [1.807, 2.05) is 31.4 Å². The number of likely N-dealkylation sites (tertiary alicyclic amines) is 1. The Kier molecular flexibility index (Phi) is 7.59. The van der Waals surface area contributed by atoms with Gasteiger partial charge < -0.3 is 15.1 Å². The molecule has 134 valence electrons. The Morgan fingerprint density at radius 1 is 1.33 bits per heavy atom. The number of carbonyl (C=O) groups excluding carboxylic acids is 1. The lowest BCUT2D eigenvalue weighted by Gasteiger charge is -2.37. The highest BCUT2D eigenvalue weighted by molar-refractivity contribution is 7.99. The van der Waals surface area contributed by atoms with Crippen molar-refractivity contribution in [2.75, 3.05) is 40.0 Å². The third kappa shape index (κ3) is 5.50. The van der Waals surface area contributed by atoms with Gasteiger partial charge >= 0.3 is 0 Å². The molecule has 1 N–H and O–H groups in total. The summed E-state index contributed by atoms with van der Waals surface area (Å²) in [5.74, 6) is 0.119. The van der Waals surface area contributed by atoms with E-state index in [0.717, 1.165) is 19.6 Å². The number of benzene rings is 1. The van der Waals surface area contributed by atoms with E-state index < -0.39 is 0 Å². The van der Waals surface area contributed by atoms with Crippen molar-refractivity contribution in [1.82, 2.24) is 15.1 Å². The second-order valence-electron chi connectivity index (χ2n) is 6.82. The molecule has 0 saturated carbocycles. The summed E-state index contributed by atoms with van der Waals surface area (Å²) in [5, 5.41) is 3.23. The van der Waals surface area contributed by atoms with E-state index in [9.17, 15) is 4.79 Å². The van der Waals surface area contributed by atoms with E-state index in [1.165, 1.54) is 18.4 Å². The van der Waals surface area contributed by atoms with Crippen LogP contribution in [0.5, 0.6) is 0 Å². The average molecular weight is 350 g/mol. The van der Waals surface area contributed by atoms with Gasteiger partial charge in [0.15, 0.2) is 0 Å². The first-order valence-corrected chi connectivity index (χ1v) is 10.1. The SMILES string of the molecule is CS[C@@H](C)C(=O)N[C@H](CN(C)C1CCN(C)CC1)c1ccccc1. The van der Waals surface area contributed by atoms with Crippen LogP contribution in [-0.2, 0) is 4.79 Å². The van der Waals surface area contributed by atoms with E-state index in [-0.39, 0.29) is 17.2 Å². The molecule has 24 heavy (non-hydrogen) atoms. The Bertz CT molecular complexity index is 503. The lowest BCUT2D eigenvalue weighted by atomic mass is 10.0. The molecule has 2 atom stereocenters. The number of likely N-dealkylation sites (N-methyl/N-ethyl adjacent to an activating group) is 1. The van der Waals surface area contributed by atoms with Gasteiger partial charge in [-0.15, -0.1) is 0 Å². The Labute approximate surface area is 151 Å². The fourth-order valence-corrected chi connectivity index (χ4v) is 3.47. The van der Waals surface area contributed by atoms with Gasteiger partial charge in [-0.25, -0.2) is 0 Å². The van der Waals surface area contributed by atoms with E-state index in [2.05, 4.69) is 41.3 Å². The number of carbonyl (C=O) groups is 1. The fourth-order valence-electron chi connectivity index (χ4n) is 3.19. The summed E-state index contributed by atoms with van der Waals surface area (Å²) in [6, 6.07) is 11.0. The smallest absolute Gasteiger partial charge is 0.233 e. The largest absolute Gasteiger partial charge is 0.347 e. The Morgan fingerprint density at radius 3 is 2.54 bits per heavy atom. The van der Waals surface area contributed by atoms with Crippen molar-refractivity contribution in [3.63, 3.8) is 0 Å². The average Bonchev–Trinajstić information content (AvgIpc) is 2.61. The third-order valence-electron chi connectivity index (χ3n) is 5.02. The van der Waals surface area contributed by atoms with Gasteiger partial charge in [0, 0.05) is 12.6 Å². The van der Waals surface area contributed by atoms with Crippen LogP contribution in [0.1, 0.15) is 31.4 Å². The minimum atomic E-state index is -0.0233. The molecular formula is C19H31N3OS. The van der Waals surface area contributed by atoms with Crippen molar-refractivity contribution >= 4 is 17.7 Å². The second kappa shape index (κ2) is 9.44. The molecule has 1 aliphatic heterocycles. The van der Waals surface area contributed by atoms with Gasteiger partial charge in [-0.1, -0.05) is 30.3 Å². The monoisotopic (exact) mass is 349 g/mol. The number of hydrogen-bond donors (Lipinski definition) is 1. The number of amides is 1. The predicted octanol–water partition coefficient (Wildman–Crippen LogP) is 2.62. The molecule has 0 radical (unpaired) electrons. The zero-order valence-corrected chi connectivity index (χ0v) is 16.2. The van der Waals surface area contributed by atoms with Crippen LogP contribution in [0.4, 0.5) is 0 Å². The molecule has 1 saturated heterocycles. The highest BCUT2D eigenvalue weighted by Gasteiger charge is 2.25. The highest BCUT2D eigenvalue weighted by atomic mass is 32.2. The Hall–Kier alpha value is -1.04. The van der Waals surface area contributed by atoms with Gasteiger partial charge in [-0.2, -0.15) is 11.8 Å². The highest BCUT2D eigenvalue weighted by Crippen LogP contribution is 2.20. The molecular weight excluding hydrogens is 318 g/mol. The maximum atomic E-state index is 12.4. The molecule has 0 aliphatic carbocycles. The van der Waals surface area contributed by atoms with Crippen LogP contribution in [0.3, 0.4) is 0 Å². The summed E-state index contributed by atoms with van der Waals surface area (Å²) < 4.78 is 0. The molecule has 1 fully saturated rings. The second-order valence-corrected chi connectivity index (χ2v) is 8.00. The minimum Gasteiger partial charge on any atom is -0.347 e. The summed E-state index contributed by atoms with van der Waals surface area (Å²) in [4.78, 5) is 17.2. The van der Waals surface area contributed by atoms with Gasteiger partial charge in [0.2, 0.25) is 5.91 Å². The number of rotatable bonds is 7. The molecule has 0 spiro atoms. The van der Waals surface area contributed by atoms with Crippen molar-refractivity contribution in [3.05, 3.63) is 35.9 Å². The Balaban J connectivity index is 2.04. The maximum Gasteiger partial charge on any atom is 0.233 e. The molecule has 0 bridgehead atoms. The minimum absolute atomic E-state index is 0.0233. The predicted molar refractivity (Wildman–Crippen MR) is 103 cm³/mol. The molecule has 1 amide bonds. The number of nitrogens with zero attached hydrogens (tertiary/aromatic N) is 2. The van der Waals surface area contributed by atoms with Crippen molar-refractivity contribution in [3.8, 4) is 0 Å². The van der Waals surface area contributed by atoms with Gasteiger partial charge in [0.25, 0.3) is 0 Å². The van der Waals surface area contributed by atoms with Crippen LogP contribution in [-0.4, -0.2) is 67.0 Å². The zero-order valence-electron chi connectivity index (χ0n) is 15.4. The molecule has 0 aromatic heterocycles. The van der Waals surface area contributed by atoms with Gasteiger partial charge in [-0.3, -0.25) is 4.79 Å². The zero-order chi connectivity index (χ0) is 17.5. The number of hydrogen-bond acceptors (Lipinski definition) is 4. The van der Waals surface area contributed by atoms with E-state index in [4.69, 9.17) is 0 Å². The number of nitrogens with one attached hydrogen (secondary N) is 1. The van der Waals surface area contributed by atoms with Crippen LogP contribution in [0, 0.1) is 0 Å². The molecule has 1 aliphatic rings. The molecule has 1 aromatic carbocycles. The topological polar surface area (TPSA) is 35.6 Å². The van der Waals surface area contributed by atoms with Crippen LogP contribution >= 0.6 is 11.8 Å². The Morgan fingerprint density at radius 2 is 1.96 bits per heavy atom. The van der Waals surface area contributed by atoms with Crippen molar-refractivity contribution < 1.29 is 4.79 Å². The first-order valence-electron chi connectivity index (χ1n) is 8.78. The quantitative estimate of drug-likeness (QED) is 0.821. The lowest BCUT2D eigenvalue weighted by molar-refractivity contribution is -0.121. The van der Waals surface area contributed by atoms with Gasteiger partial charge in [0.05, 0.1) is 11.3 Å². The maximum absolute atomic E-state index is 12.4. The van der Waals surface area contributed by atoms with Crippen LogP contribution in [0.15, 0.2) is 30.3 Å². The molecule has 1 aromatic rings. The fraction of sp³-hybridized carbons (Fsp3) is 0.632. The van der Waals surface area contributed by atoms with E-state index >= 15 is 0 Å². The summed E-state index contributed by atoms with van der Waals surface area (Å²) >= 11 is 1.59. The molecule has 5 heteroatoms. The third-order valence-corrected chi connectivity index (χ3v) is 5.94. The molecule has 4 nitrogen and oxygen atoms in total.